The van der Waals surface area contributed by atoms with Crippen LogP contribution in [0.25, 0.3) is 0 Å². The first-order valence-corrected chi connectivity index (χ1v) is 9.81. The molecule has 1 fully saturated rings. The van der Waals surface area contributed by atoms with E-state index in [4.69, 9.17) is 9.73 Å². The highest BCUT2D eigenvalue weighted by Gasteiger charge is 2.25. The van der Waals surface area contributed by atoms with Crippen molar-refractivity contribution in [1.82, 2.24) is 15.2 Å². The molecule has 3 rings (SSSR count). The van der Waals surface area contributed by atoms with Crippen LogP contribution < -0.4 is 5.32 Å². The fourth-order valence-electron chi connectivity index (χ4n) is 3.34. The van der Waals surface area contributed by atoms with Crippen LogP contribution in [0.2, 0.25) is 0 Å². The van der Waals surface area contributed by atoms with E-state index in [0.717, 1.165) is 44.3 Å². The third kappa shape index (κ3) is 5.79. The number of ether oxygens (including phenoxy) is 1. The largest absolute Gasteiger partial charge is 0.376 e. The van der Waals surface area contributed by atoms with Gasteiger partial charge in [-0.2, -0.15) is 0 Å². The third-order valence-corrected chi connectivity index (χ3v) is 4.88. The number of nitrogens with zero attached hydrogens (tertiary/aromatic N) is 3. The molecule has 27 heavy (non-hydrogen) atoms. The summed E-state index contributed by atoms with van der Waals surface area (Å²) in [6, 6.07) is 14.4. The highest BCUT2D eigenvalue weighted by Crippen LogP contribution is 2.18. The van der Waals surface area contributed by atoms with Crippen molar-refractivity contribution in [3.63, 3.8) is 0 Å². The molecule has 2 heterocycles. The van der Waals surface area contributed by atoms with Crippen molar-refractivity contribution >= 4 is 5.96 Å². The van der Waals surface area contributed by atoms with Crippen molar-refractivity contribution < 1.29 is 4.74 Å². The number of pyridine rings is 1. The Morgan fingerprint density at radius 2 is 2.11 bits per heavy atom. The fraction of sp³-hybridized carbons (Fsp3) is 0.455. The number of likely N-dealkylation sites (tertiary alicyclic amines) is 1. The molecule has 1 unspecified atom stereocenters. The summed E-state index contributed by atoms with van der Waals surface area (Å²) < 4.78 is 5.94. The van der Waals surface area contributed by atoms with Crippen LogP contribution in [0.5, 0.6) is 0 Å². The zero-order chi connectivity index (χ0) is 18.9. The zero-order valence-electron chi connectivity index (χ0n) is 16.4. The first-order valence-electron chi connectivity index (χ1n) is 9.81. The lowest BCUT2D eigenvalue weighted by atomic mass is 10.1. The van der Waals surface area contributed by atoms with Gasteiger partial charge in [0, 0.05) is 31.7 Å². The molecular weight excluding hydrogens is 336 g/mol. The SMILES string of the molecule is CCNC(=NCc1ncccc1C)N1CCC(COCc2ccccc2)C1. The van der Waals surface area contributed by atoms with E-state index in [-0.39, 0.29) is 0 Å². The lowest BCUT2D eigenvalue weighted by Crippen LogP contribution is -2.40. The van der Waals surface area contributed by atoms with Crippen molar-refractivity contribution in [2.24, 2.45) is 10.9 Å². The first-order chi connectivity index (χ1) is 13.3. The van der Waals surface area contributed by atoms with Gasteiger partial charge in [-0.3, -0.25) is 4.98 Å². The van der Waals surface area contributed by atoms with E-state index in [9.17, 15) is 0 Å². The molecular formula is C22H30N4O. The minimum absolute atomic E-state index is 0.550. The molecule has 5 heteroatoms. The number of benzene rings is 1. The second-order valence-electron chi connectivity index (χ2n) is 7.04. The molecule has 144 valence electrons. The van der Waals surface area contributed by atoms with Gasteiger partial charge in [0.05, 0.1) is 25.5 Å². The van der Waals surface area contributed by atoms with E-state index < -0.39 is 0 Å². The molecule has 2 aromatic rings. The van der Waals surface area contributed by atoms with Gasteiger partial charge >= 0.3 is 0 Å². The quantitative estimate of drug-likeness (QED) is 0.603. The molecule has 1 aliphatic heterocycles. The van der Waals surface area contributed by atoms with Gasteiger partial charge in [0.25, 0.3) is 0 Å². The topological polar surface area (TPSA) is 49.8 Å². The Kier molecular flexibility index (Phi) is 7.22. The van der Waals surface area contributed by atoms with Gasteiger partial charge in [-0.05, 0) is 37.5 Å². The molecule has 0 bridgehead atoms. The number of rotatable bonds is 7. The van der Waals surface area contributed by atoms with E-state index in [1.165, 1.54) is 11.1 Å². The summed E-state index contributed by atoms with van der Waals surface area (Å²) in [5.41, 5.74) is 3.45. The maximum Gasteiger partial charge on any atom is 0.194 e. The summed E-state index contributed by atoms with van der Waals surface area (Å²) in [4.78, 5) is 11.6. The van der Waals surface area contributed by atoms with Crippen LogP contribution in [0.3, 0.4) is 0 Å². The maximum atomic E-state index is 5.94. The molecule has 0 radical (unpaired) electrons. The third-order valence-electron chi connectivity index (χ3n) is 4.88. The van der Waals surface area contributed by atoms with E-state index in [1.54, 1.807) is 0 Å². The summed E-state index contributed by atoms with van der Waals surface area (Å²) in [6.45, 7) is 9.16. The number of aromatic nitrogens is 1. The Morgan fingerprint density at radius 1 is 1.26 bits per heavy atom. The second kappa shape index (κ2) is 10.1. The Balaban J connectivity index is 1.51. The number of nitrogens with one attached hydrogen (secondary N) is 1. The van der Waals surface area contributed by atoms with Crippen LogP contribution in [0, 0.1) is 12.8 Å². The molecule has 1 aromatic carbocycles. The van der Waals surface area contributed by atoms with Gasteiger partial charge in [-0.1, -0.05) is 36.4 Å². The minimum atomic E-state index is 0.550. The molecule has 0 saturated carbocycles. The monoisotopic (exact) mass is 366 g/mol. The number of aliphatic imine (C=N–C) groups is 1. The van der Waals surface area contributed by atoms with Gasteiger partial charge in [0.1, 0.15) is 0 Å². The number of guanidine groups is 1. The molecule has 1 aliphatic rings. The summed E-state index contributed by atoms with van der Waals surface area (Å²) in [7, 11) is 0. The van der Waals surface area contributed by atoms with Crippen molar-refractivity contribution in [2.75, 3.05) is 26.2 Å². The smallest absolute Gasteiger partial charge is 0.194 e. The maximum absolute atomic E-state index is 5.94. The van der Waals surface area contributed by atoms with Crippen LogP contribution in [0.1, 0.15) is 30.2 Å². The van der Waals surface area contributed by atoms with E-state index in [0.29, 0.717) is 19.1 Å². The van der Waals surface area contributed by atoms with Gasteiger partial charge in [0.15, 0.2) is 5.96 Å². The Labute approximate surface area is 162 Å². The highest BCUT2D eigenvalue weighted by atomic mass is 16.5. The predicted octanol–water partition coefficient (Wildman–Crippen LogP) is 3.39. The van der Waals surface area contributed by atoms with E-state index >= 15 is 0 Å². The predicted molar refractivity (Wildman–Crippen MR) is 110 cm³/mol. The van der Waals surface area contributed by atoms with Crippen LogP contribution in [-0.2, 0) is 17.9 Å². The second-order valence-corrected chi connectivity index (χ2v) is 7.04. The molecule has 5 nitrogen and oxygen atoms in total. The van der Waals surface area contributed by atoms with Crippen LogP contribution in [0.15, 0.2) is 53.7 Å². The zero-order valence-corrected chi connectivity index (χ0v) is 16.4. The summed E-state index contributed by atoms with van der Waals surface area (Å²) in [5.74, 6) is 1.53. The average molecular weight is 367 g/mol. The van der Waals surface area contributed by atoms with Gasteiger partial charge < -0.3 is 15.0 Å². The van der Waals surface area contributed by atoms with Crippen molar-refractivity contribution in [2.45, 2.75) is 33.4 Å². The summed E-state index contributed by atoms with van der Waals surface area (Å²) >= 11 is 0. The number of aryl methyl sites for hydroxylation is 1. The lowest BCUT2D eigenvalue weighted by Gasteiger charge is -2.21. The Bertz CT molecular complexity index is 732. The molecule has 1 atom stereocenters. The Hall–Kier alpha value is -2.40. The summed E-state index contributed by atoms with van der Waals surface area (Å²) in [6.07, 6.45) is 2.97. The normalized spacial score (nSPS) is 17.3. The minimum Gasteiger partial charge on any atom is -0.376 e. The van der Waals surface area contributed by atoms with Crippen LogP contribution >= 0.6 is 0 Å². The number of hydrogen-bond acceptors (Lipinski definition) is 3. The molecule has 0 aliphatic carbocycles. The van der Waals surface area contributed by atoms with E-state index in [1.807, 2.05) is 18.3 Å². The lowest BCUT2D eigenvalue weighted by molar-refractivity contribution is 0.0906. The molecule has 0 amide bonds. The van der Waals surface area contributed by atoms with Crippen molar-refractivity contribution in [1.29, 1.82) is 0 Å². The van der Waals surface area contributed by atoms with Crippen LogP contribution in [-0.4, -0.2) is 42.1 Å². The van der Waals surface area contributed by atoms with Crippen molar-refractivity contribution in [3.8, 4) is 0 Å². The molecule has 0 spiro atoms. The summed E-state index contributed by atoms with van der Waals surface area (Å²) in [5, 5.41) is 3.42. The first kappa shape index (κ1) is 19.4. The highest BCUT2D eigenvalue weighted by molar-refractivity contribution is 5.80. The average Bonchev–Trinajstić information content (AvgIpc) is 3.16. The van der Waals surface area contributed by atoms with Gasteiger partial charge in [-0.25, -0.2) is 4.99 Å². The van der Waals surface area contributed by atoms with Crippen molar-refractivity contribution in [3.05, 3.63) is 65.5 Å². The standard InChI is InChI=1S/C22H30N4O/c1-3-23-22(25-14-21-18(2)8-7-12-24-21)26-13-11-20(15-26)17-27-16-19-9-5-4-6-10-19/h4-10,12,20H,3,11,13-17H2,1-2H3,(H,23,25). The molecule has 1 aromatic heterocycles. The van der Waals surface area contributed by atoms with Gasteiger partial charge in [0.2, 0.25) is 0 Å². The van der Waals surface area contributed by atoms with Crippen LogP contribution in [0.4, 0.5) is 0 Å². The van der Waals surface area contributed by atoms with Gasteiger partial charge in [-0.15, -0.1) is 0 Å². The number of hydrogen-bond donors (Lipinski definition) is 1. The van der Waals surface area contributed by atoms with E-state index in [2.05, 4.69) is 59.4 Å². The Morgan fingerprint density at radius 3 is 2.89 bits per heavy atom. The fourth-order valence-corrected chi connectivity index (χ4v) is 3.34. The molecule has 1 N–H and O–H groups in total. The molecule has 1 saturated heterocycles.